The summed E-state index contributed by atoms with van der Waals surface area (Å²) in [4.78, 5) is 0. The lowest BCUT2D eigenvalue weighted by Crippen LogP contribution is -2.21. The average Bonchev–Trinajstić information content (AvgIpc) is 2.66. The van der Waals surface area contributed by atoms with Crippen molar-refractivity contribution in [2.45, 2.75) is 46.6 Å². The highest BCUT2D eigenvalue weighted by Gasteiger charge is 2.39. The largest absolute Gasteiger partial charge is 0.373 e. The lowest BCUT2D eigenvalue weighted by atomic mass is 9.80. The molecular formula is C10H20O. The Hall–Kier alpha value is -0.0400. The zero-order valence-corrected chi connectivity index (χ0v) is 8.18. The third-order valence-corrected chi connectivity index (χ3v) is 2.78. The van der Waals surface area contributed by atoms with E-state index in [1.807, 2.05) is 0 Å². The van der Waals surface area contributed by atoms with Gasteiger partial charge in [0.25, 0.3) is 0 Å². The third kappa shape index (κ3) is 2.48. The Kier molecular flexibility index (Phi) is 2.58. The quantitative estimate of drug-likeness (QED) is 0.570. The first-order valence-corrected chi connectivity index (χ1v) is 4.68. The average molecular weight is 156 g/mol. The van der Waals surface area contributed by atoms with E-state index in [1.54, 1.807) is 0 Å². The van der Waals surface area contributed by atoms with Crippen molar-refractivity contribution in [1.29, 1.82) is 0 Å². The van der Waals surface area contributed by atoms with Crippen molar-refractivity contribution in [3.05, 3.63) is 0 Å². The Morgan fingerprint density at radius 3 is 2.45 bits per heavy atom. The molecule has 66 valence electrons. The molecule has 2 unspecified atom stereocenters. The number of rotatable bonds is 4. The van der Waals surface area contributed by atoms with Gasteiger partial charge in [-0.1, -0.05) is 34.1 Å². The molecule has 1 saturated heterocycles. The SMILES string of the molecule is CCC(C)CC(C)(C)C1CO1. The van der Waals surface area contributed by atoms with E-state index < -0.39 is 0 Å². The normalized spacial score (nSPS) is 26.7. The number of epoxide rings is 1. The lowest BCUT2D eigenvalue weighted by Gasteiger charge is -2.25. The van der Waals surface area contributed by atoms with Gasteiger partial charge in [0.05, 0.1) is 12.7 Å². The van der Waals surface area contributed by atoms with Crippen molar-refractivity contribution in [2.24, 2.45) is 11.3 Å². The van der Waals surface area contributed by atoms with Crippen molar-refractivity contribution in [3.8, 4) is 0 Å². The maximum Gasteiger partial charge on any atom is 0.0860 e. The van der Waals surface area contributed by atoms with Crippen molar-refractivity contribution in [2.75, 3.05) is 6.61 Å². The molecule has 0 aromatic rings. The second kappa shape index (κ2) is 3.14. The predicted molar refractivity (Wildman–Crippen MR) is 47.6 cm³/mol. The second-order valence-corrected chi connectivity index (χ2v) is 4.53. The van der Waals surface area contributed by atoms with Gasteiger partial charge in [-0.3, -0.25) is 0 Å². The van der Waals surface area contributed by atoms with E-state index in [2.05, 4.69) is 27.7 Å². The molecule has 11 heavy (non-hydrogen) atoms. The number of ether oxygens (including phenoxy) is 1. The summed E-state index contributed by atoms with van der Waals surface area (Å²) in [6, 6.07) is 0. The maximum atomic E-state index is 5.32. The lowest BCUT2D eigenvalue weighted by molar-refractivity contribution is 0.196. The molecule has 0 aromatic heterocycles. The summed E-state index contributed by atoms with van der Waals surface area (Å²) < 4.78 is 5.32. The zero-order valence-electron chi connectivity index (χ0n) is 8.18. The summed E-state index contributed by atoms with van der Waals surface area (Å²) >= 11 is 0. The fraction of sp³-hybridized carbons (Fsp3) is 1.00. The Bertz CT molecular complexity index is 125. The Balaban J connectivity index is 2.32. The minimum absolute atomic E-state index is 0.412. The fourth-order valence-corrected chi connectivity index (χ4v) is 1.67. The van der Waals surface area contributed by atoms with Crippen LogP contribution in [0.5, 0.6) is 0 Å². The summed E-state index contributed by atoms with van der Waals surface area (Å²) in [7, 11) is 0. The van der Waals surface area contributed by atoms with Crippen LogP contribution in [0.4, 0.5) is 0 Å². The standard InChI is InChI=1S/C10H20O/c1-5-8(2)6-10(3,4)9-7-11-9/h8-9H,5-7H2,1-4H3. The van der Waals surface area contributed by atoms with Crippen LogP contribution in [0.2, 0.25) is 0 Å². The van der Waals surface area contributed by atoms with E-state index in [1.165, 1.54) is 12.8 Å². The van der Waals surface area contributed by atoms with Crippen LogP contribution in [-0.4, -0.2) is 12.7 Å². The molecule has 0 saturated carbocycles. The first-order valence-electron chi connectivity index (χ1n) is 4.68. The van der Waals surface area contributed by atoms with Crippen LogP contribution < -0.4 is 0 Å². The van der Waals surface area contributed by atoms with Crippen LogP contribution in [0.1, 0.15) is 40.5 Å². The smallest absolute Gasteiger partial charge is 0.0860 e. The Labute approximate surface area is 70.1 Å². The van der Waals surface area contributed by atoms with E-state index in [4.69, 9.17) is 4.74 Å². The van der Waals surface area contributed by atoms with E-state index in [9.17, 15) is 0 Å². The zero-order chi connectivity index (χ0) is 8.48. The van der Waals surface area contributed by atoms with Gasteiger partial charge >= 0.3 is 0 Å². The molecule has 1 heteroatoms. The van der Waals surface area contributed by atoms with Crippen LogP contribution in [0.25, 0.3) is 0 Å². The van der Waals surface area contributed by atoms with Crippen LogP contribution in [0.3, 0.4) is 0 Å². The molecule has 0 aromatic carbocycles. The predicted octanol–water partition coefficient (Wildman–Crippen LogP) is 2.85. The molecule has 0 spiro atoms. The molecule has 1 aliphatic heterocycles. The van der Waals surface area contributed by atoms with Gasteiger partial charge in [0.2, 0.25) is 0 Å². The Morgan fingerprint density at radius 2 is 2.09 bits per heavy atom. The van der Waals surface area contributed by atoms with Gasteiger partial charge in [0.15, 0.2) is 0 Å². The van der Waals surface area contributed by atoms with Gasteiger partial charge in [0.1, 0.15) is 0 Å². The van der Waals surface area contributed by atoms with Crippen LogP contribution in [0, 0.1) is 11.3 Å². The molecule has 0 aliphatic carbocycles. The summed E-state index contributed by atoms with van der Waals surface area (Å²) in [5, 5.41) is 0. The molecule has 1 fully saturated rings. The highest BCUT2D eigenvalue weighted by Crippen LogP contribution is 2.38. The van der Waals surface area contributed by atoms with Crippen LogP contribution in [-0.2, 0) is 4.74 Å². The summed E-state index contributed by atoms with van der Waals surface area (Å²) in [6.07, 6.45) is 3.14. The molecule has 1 nitrogen and oxygen atoms in total. The summed E-state index contributed by atoms with van der Waals surface area (Å²) in [6.45, 7) is 10.2. The second-order valence-electron chi connectivity index (χ2n) is 4.53. The van der Waals surface area contributed by atoms with Crippen molar-refractivity contribution < 1.29 is 4.74 Å². The van der Waals surface area contributed by atoms with Gasteiger partial charge in [-0.25, -0.2) is 0 Å². The third-order valence-electron chi connectivity index (χ3n) is 2.78. The van der Waals surface area contributed by atoms with Gasteiger partial charge < -0.3 is 4.74 Å². The Morgan fingerprint density at radius 1 is 1.55 bits per heavy atom. The molecule has 0 radical (unpaired) electrons. The number of hydrogen-bond donors (Lipinski definition) is 0. The molecule has 0 N–H and O–H groups in total. The van der Waals surface area contributed by atoms with Crippen molar-refractivity contribution in [3.63, 3.8) is 0 Å². The van der Waals surface area contributed by atoms with E-state index in [-0.39, 0.29) is 0 Å². The molecule has 0 bridgehead atoms. The summed E-state index contributed by atoms with van der Waals surface area (Å²) in [5.74, 6) is 0.842. The van der Waals surface area contributed by atoms with Crippen molar-refractivity contribution >= 4 is 0 Å². The highest BCUT2D eigenvalue weighted by molar-refractivity contribution is 4.87. The van der Waals surface area contributed by atoms with Gasteiger partial charge in [-0.2, -0.15) is 0 Å². The minimum atomic E-state index is 0.412. The minimum Gasteiger partial charge on any atom is -0.373 e. The van der Waals surface area contributed by atoms with Gasteiger partial charge in [-0.05, 0) is 17.8 Å². The monoisotopic (exact) mass is 156 g/mol. The maximum absolute atomic E-state index is 5.32. The first-order chi connectivity index (χ1) is 5.06. The fourth-order valence-electron chi connectivity index (χ4n) is 1.67. The topological polar surface area (TPSA) is 12.5 Å². The van der Waals surface area contributed by atoms with Crippen LogP contribution in [0.15, 0.2) is 0 Å². The van der Waals surface area contributed by atoms with E-state index >= 15 is 0 Å². The molecule has 0 amide bonds. The molecular weight excluding hydrogens is 136 g/mol. The number of hydrogen-bond acceptors (Lipinski definition) is 1. The molecule has 1 heterocycles. The van der Waals surface area contributed by atoms with E-state index in [0.717, 1.165) is 12.5 Å². The molecule has 2 atom stereocenters. The molecule has 1 rings (SSSR count). The van der Waals surface area contributed by atoms with Gasteiger partial charge in [0, 0.05) is 0 Å². The molecule has 1 aliphatic rings. The van der Waals surface area contributed by atoms with Crippen LogP contribution >= 0.6 is 0 Å². The van der Waals surface area contributed by atoms with Crippen molar-refractivity contribution in [1.82, 2.24) is 0 Å². The highest BCUT2D eigenvalue weighted by atomic mass is 16.6. The van der Waals surface area contributed by atoms with E-state index in [0.29, 0.717) is 11.5 Å². The van der Waals surface area contributed by atoms with Gasteiger partial charge in [-0.15, -0.1) is 0 Å². The first kappa shape index (κ1) is 9.05. The summed E-state index contributed by atoms with van der Waals surface area (Å²) in [5.41, 5.74) is 0.412.